The van der Waals surface area contributed by atoms with Crippen molar-refractivity contribution in [2.75, 3.05) is 20.2 Å². The third kappa shape index (κ3) is 4.31. The summed E-state index contributed by atoms with van der Waals surface area (Å²) in [5, 5.41) is 3.23. The SMILES string of the molecule is Cc1ccccc1OCCN(C)C(=O)CCn1[nH]c(=O)c2ccccc2c1=O. The first kappa shape index (κ1) is 19.4. The summed E-state index contributed by atoms with van der Waals surface area (Å²) in [5.41, 5.74) is 0.382. The number of hydrogen-bond donors (Lipinski definition) is 1. The Balaban J connectivity index is 1.57. The van der Waals surface area contributed by atoms with Crippen molar-refractivity contribution < 1.29 is 9.53 Å². The Morgan fingerprint density at radius 3 is 2.50 bits per heavy atom. The smallest absolute Gasteiger partial charge is 0.273 e. The van der Waals surface area contributed by atoms with Gasteiger partial charge in [-0.1, -0.05) is 30.3 Å². The van der Waals surface area contributed by atoms with E-state index in [2.05, 4.69) is 5.10 Å². The molecular weight excluding hydrogens is 358 g/mol. The van der Waals surface area contributed by atoms with Crippen LogP contribution in [0.15, 0.2) is 58.1 Å². The predicted molar refractivity (Wildman–Crippen MR) is 108 cm³/mol. The fraction of sp³-hybridized carbons (Fsp3) is 0.286. The van der Waals surface area contributed by atoms with E-state index in [1.807, 2.05) is 31.2 Å². The average Bonchev–Trinajstić information content (AvgIpc) is 2.70. The molecule has 3 rings (SSSR count). The van der Waals surface area contributed by atoms with Crippen LogP contribution < -0.4 is 15.9 Å². The van der Waals surface area contributed by atoms with Crippen LogP contribution in [0.1, 0.15) is 12.0 Å². The van der Waals surface area contributed by atoms with Crippen molar-refractivity contribution >= 4 is 16.7 Å². The first-order valence-corrected chi connectivity index (χ1v) is 9.11. The summed E-state index contributed by atoms with van der Waals surface area (Å²) in [4.78, 5) is 38.5. The van der Waals surface area contributed by atoms with Crippen molar-refractivity contribution in [1.29, 1.82) is 0 Å². The average molecular weight is 381 g/mol. The van der Waals surface area contributed by atoms with Gasteiger partial charge >= 0.3 is 0 Å². The molecule has 2 aromatic carbocycles. The molecule has 7 heteroatoms. The zero-order chi connectivity index (χ0) is 20.1. The zero-order valence-electron chi connectivity index (χ0n) is 16.0. The number of nitrogens with one attached hydrogen (secondary N) is 1. The predicted octanol–water partition coefficient (Wildman–Crippen LogP) is 1.93. The van der Waals surface area contributed by atoms with E-state index >= 15 is 0 Å². The molecule has 0 saturated carbocycles. The first-order valence-electron chi connectivity index (χ1n) is 9.11. The summed E-state index contributed by atoms with van der Waals surface area (Å²) >= 11 is 0. The highest BCUT2D eigenvalue weighted by Gasteiger charge is 2.12. The lowest BCUT2D eigenvalue weighted by Crippen LogP contribution is -2.34. The first-order chi connectivity index (χ1) is 13.5. The van der Waals surface area contributed by atoms with Crippen molar-refractivity contribution in [3.05, 3.63) is 74.8 Å². The molecule has 0 spiro atoms. The summed E-state index contributed by atoms with van der Waals surface area (Å²) in [6.45, 7) is 2.88. The molecular formula is C21H23N3O4. The van der Waals surface area contributed by atoms with Crippen LogP contribution in [-0.4, -0.2) is 40.8 Å². The molecule has 146 valence electrons. The summed E-state index contributed by atoms with van der Waals surface area (Å²) in [6, 6.07) is 14.3. The number of carbonyl (C=O) groups is 1. The molecule has 1 amide bonds. The second kappa shape index (κ2) is 8.56. The number of ether oxygens (including phenoxy) is 1. The molecule has 0 atom stereocenters. The van der Waals surface area contributed by atoms with Gasteiger partial charge in [0.2, 0.25) is 5.91 Å². The van der Waals surface area contributed by atoms with Gasteiger partial charge in [0.25, 0.3) is 11.1 Å². The Kier molecular flexibility index (Phi) is 5.93. The molecule has 0 aliphatic carbocycles. The lowest BCUT2D eigenvalue weighted by molar-refractivity contribution is -0.130. The molecule has 0 saturated heterocycles. The van der Waals surface area contributed by atoms with Gasteiger partial charge in [0, 0.05) is 13.5 Å². The van der Waals surface area contributed by atoms with E-state index in [0.29, 0.717) is 23.9 Å². The van der Waals surface area contributed by atoms with E-state index in [1.165, 1.54) is 4.68 Å². The highest BCUT2D eigenvalue weighted by Crippen LogP contribution is 2.15. The number of hydrogen-bond acceptors (Lipinski definition) is 4. The second-order valence-corrected chi connectivity index (χ2v) is 6.62. The Hall–Kier alpha value is -3.35. The molecule has 28 heavy (non-hydrogen) atoms. The Morgan fingerprint density at radius 1 is 1.07 bits per heavy atom. The number of rotatable bonds is 7. The van der Waals surface area contributed by atoms with Gasteiger partial charge in [-0.15, -0.1) is 0 Å². The topological polar surface area (TPSA) is 84.4 Å². The number of para-hydroxylation sites is 1. The number of amides is 1. The van der Waals surface area contributed by atoms with Gasteiger partial charge in [-0.3, -0.25) is 19.5 Å². The number of aryl methyl sites for hydroxylation is 2. The van der Waals surface area contributed by atoms with Gasteiger partial charge in [0.15, 0.2) is 0 Å². The van der Waals surface area contributed by atoms with E-state index in [-0.39, 0.29) is 30.0 Å². The third-order valence-corrected chi connectivity index (χ3v) is 4.64. The summed E-state index contributed by atoms with van der Waals surface area (Å²) in [6.07, 6.45) is 0.106. The maximum Gasteiger partial charge on any atom is 0.273 e. The summed E-state index contributed by atoms with van der Waals surface area (Å²) < 4.78 is 6.90. The van der Waals surface area contributed by atoms with Crippen LogP contribution >= 0.6 is 0 Å². The van der Waals surface area contributed by atoms with E-state index in [1.54, 1.807) is 36.2 Å². The van der Waals surface area contributed by atoms with Crippen molar-refractivity contribution in [2.45, 2.75) is 19.9 Å². The number of aromatic nitrogens is 2. The number of fused-ring (bicyclic) bond motifs is 1. The Morgan fingerprint density at radius 2 is 1.75 bits per heavy atom. The molecule has 1 heterocycles. The van der Waals surface area contributed by atoms with Gasteiger partial charge in [0.1, 0.15) is 12.4 Å². The molecule has 0 bridgehead atoms. The van der Waals surface area contributed by atoms with Crippen molar-refractivity contribution in [3.63, 3.8) is 0 Å². The van der Waals surface area contributed by atoms with E-state index in [9.17, 15) is 14.4 Å². The van der Waals surface area contributed by atoms with Gasteiger partial charge in [0.05, 0.1) is 23.9 Å². The maximum atomic E-state index is 12.5. The minimum Gasteiger partial charge on any atom is -0.491 e. The molecule has 7 nitrogen and oxygen atoms in total. The molecule has 0 aliphatic heterocycles. The fourth-order valence-corrected chi connectivity index (χ4v) is 2.94. The minimum atomic E-state index is -0.345. The Bertz CT molecular complexity index is 1100. The largest absolute Gasteiger partial charge is 0.491 e. The molecule has 0 radical (unpaired) electrons. The fourth-order valence-electron chi connectivity index (χ4n) is 2.94. The van der Waals surface area contributed by atoms with E-state index < -0.39 is 0 Å². The van der Waals surface area contributed by atoms with Crippen LogP contribution in [-0.2, 0) is 11.3 Å². The highest BCUT2D eigenvalue weighted by atomic mass is 16.5. The monoisotopic (exact) mass is 381 g/mol. The Labute approximate surface area is 162 Å². The van der Waals surface area contributed by atoms with Crippen molar-refractivity contribution in [1.82, 2.24) is 14.7 Å². The van der Waals surface area contributed by atoms with Crippen LogP contribution in [0.2, 0.25) is 0 Å². The van der Waals surface area contributed by atoms with Crippen molar-refractivity contribution in [3.8, 4) is 5.75 Å². The molecule has 0 aliphatic rings. The van der Waals surface area contributed by atoms with Crippen LogP contribution in [0, 0.1) is 6.92 Å². The second-order valence-electron chi connectivity index (χ2n) is 6.62. The quantitative estimate of drug-likeness (QED) is 0.678. The number of likely N-dealkylation sites (N-methyl/N-ethyl adjacent to an activating group) is 1. The lowest BCUT2D eigenvalue weighted by Gasteiger charge is -2.18. The minimum absolute atomic E-state index is 0.106. The number of benzene rings is 2. The van der Waals surface area contributed by atoms with Gasteiger partial charge in [-0.05, 0) is 30.7 Å². The van der Waals surface area contributed by atoms with E-state index in [4.69, 9.17) is 4.74 Å². The number of nitrogens with zero attached hydrogens (tertiary/aromatic N) is 2. The number of aromatic amines is 1. The van der Waals surface area contributed by atoms with Crippen LogP contribution in [0.5, 0.6) is 5.75 Å². The highest BCUT2D eigenvalue weighted by molar-refractivity contribution is 5.80. The zero-order valence-corrected chi connectivity index (χ0v) is 16.0. The van der Waals surface area contributed by atoms with Crippen LogP contribution in [0.25, 0.3) is 10.8 Å². The van der Waals surface area contributed by atoms with E-state index in [0.717, 1.165) is 11.3 Å². The van der Waals surface area contributed by atoms with Crippen LogP contribution in [0.3, 0.4) is 0 Å². The normalized spacial score (nSPS) is 10.8. The number of H-pyrrole nitrogens is 1. The van der Waals surface area contributed by atoms with Crippen molar-refractivity contribution in [2.24, 2.45) is 0 Å². The number of carbonyl (C=O) groups excluding carboxylic acids is 1. The molecule has 3 aromatic rings. The molecule has 0 fully saturated rings. The van der Waals surface area contributed by atoms with Gasteiger partial charge < -0.3 is 9.64 Å². The molecule has 1 N–H and O–H groups in total. The van der Waals surface area contributed by atoms with Gasteiger partial charge in [-0.25, -0.2) is 4.68 Å². The molecule has 1 aromatic heterocycles. The molecule has 0 unspecified atom stereocenters. The van der Waals surface area contributed by atoms with Crippen LogP contribution in [0.4, 0.5) is 0 Å². The maximum absolute atomic E-state index is 12.5. The third-order valence-electron chi connectivity index (χ3n) is 4.64. The van der Waals surface area contributed by atoms with Gasteiger partial charge in [-0.2, -0.15) is 0 Å². The summed E-state index contributed by atoms with van der Waals surface area (Å²) in [5.74, 6) is 0.665. The lowest BCUT2D eigenvalue weighted by atomic mass is 10.2. The standard InChI is InChI=1S/C21H23N3O4/c1-15-7-3-6-10-18(15)28-14-13-23(2)19(25)11-12-24-21(27)17-9-5-4-8-16(17)20(26)22-24/h3-10H,11-14H2,1-2H3,(H,22,26). The summed E-state index contributed by atoms with van der Waals surface area (Å²) in [7, 11) is 1.69.